The molecule has 0 amide bonds. The van der Waals surface area contributed by atoms with Crippen molar-refractivity contribution in [1.29, 1.82) is 0 Å². The van der Waals surface area contributed by atoms with Crippen molar-refractivity contribution in [3.63, 3.8) is 0 Å². The lowest BCUT2D eigenvalue weighted by atomic mass is 9.90. The van der Waals surface area contributed by atoms with Crippen molar-refractivity contribution in [2.75, 3.05) is 0 Å². The van der Waals surface area contributed by atoms with Gasteiger partial charge >= 0.3 is 5.97 Å². The molecule has 0 radical (unpaired) electrons. The summed E-state index contributed by atoms with van der Waals surface area (Å²) in [6.07, 6.45) is 5.54. The number of esters is 1. The van der Waals surface area contributed by atoms with Gasteiger partial charge in [-0.2, -0.15) is 0 Å². The van der Waals surface area contributed by atoms with E-state index in [1.165, 1.54) is 12.8 Å². The molecule has 0 aliphatic carbocycles. The zero-order valence-corrected chi connectivity index (χ0v) is 9.66. The fraction of sp³-hybridized carbons (Fsp3) is 0.917. The van der Waals surface area contributed by atoms with Crippen molar-refractivity contribution in [3.05, 3.63) is 0 Å². The van der Waals surface area contributed by atoms with Crippen molar-refractivity contribution in [2.24, 2.45) is 5.92 Å². The summed E-state index contributed by atoms with van der Waals surface area (Å²) in [7, 11) is 0. The van der Waals surface area contributed by atoms with Crippen LogP contribution < -0.4 is 5.32 Å². The normalized spacial score (nSPS) is 34.5. The van der Waals surface area contributed by atoms with E-state index < -0.39 is 0 Å². The SMILES string of the molecule is CC(C)OC(=O)CC1CC2CCC(C1)N2. The second-order valence-corrected chi connectivity index (χ2v) is 5.22. The quantitative estimate of drug-likeness (QED) is 0.724. The molecule has 2 bridgehead atoms. The summed E-state index contributed by atoms with van der Waals surface area (Å²) in [5.41, 5.74) is 0. The fourth-order valence-corrected chi connectivity index (χ4v) is 2.89. The second-order valence-electron chi connectivity index (χ2n) is 5.22. The maximum Gasteiger partial charge on any atom is 0.306 e. The first kappa shape index (κ1) is 10.9. The molecule has 2 unspecified atom stereocenters. The Morgan fingerprint density at radius 1 is 1.33 bits per heavy atom. The van der Waals surface area contributed by atoms with Crippen LogP contribution in [0.2, 0.25) is 0 Å². The lowest BCUT2D eigenvalue weighted by Crippen LogP contribution is -2.38. The number of carbonyl (C=O) groups is 1. The van der Waals surface area contributed by atoms with E-state index in [9.17, 15) is 4.79 Å². The van der Waals surface area contributed by atoms with Gasteiger partial charge in [-0.1, -0.05) is 0 Å². The summed E-state index contributed by atoms with van der Waals surface area (Å²) in [4.78, 5) is 11.5. The van der Waals surface area contributed by atoms with Gasteiger partial charge in [-0.05, 0) is 45.4 Å². The van der Waals surface area contributed by atoms with E-state index in [0.29, 0.717) is 24.4 Å². The number of hydrogen-bond donors (Lipinski definition) is 1. The first-order valence-corrected chi connectivity index (χ1v) is 6.09. The van der Waals surface area contributed by atoms with Crippen molar-refractivity contribution in [1.82, 2.24) is 5.32 Å². The highest BCUT2D eigenvalue weighted by molar-refractivity contribution is 5.69. The van der Waals surface area contributed by atoms with E-state index in [1.54, 1.807) is 0 Å². The van der Waals surface area contributed by atoms with Crippen molar-refractivity contribution < 1.29 is 9.53 Å². The third kappa shape index (κ3) is 2.94. The molecule has 0 aromatic heterocycles. The minimum absolute atomic E-state index is 0.0173. The summed E-state index contributed by atoms with van der Waals surface area (Å²) in [6, 6.07) is 1.33. The molecule has 2 rings (SSSR count). The van der Waals surface area contributed by atoms with E-state index >= 15 is 0 Å². The number of carbonyl (C=O) groups excluding carboxylic acids is 1. The van der Waals surface area contributed by atoms with Crippen LogP contribution in [0.1, 0.15) is 46.0 Å². The summed E-state index contributed by atoms with van der Waals surface area (Å²) < 4.78 is 5.18. The van der Waals surface area contributed by atoms with Crippen LogP contribution in [0.15, 0.2) is 0 Å². The standard InChI is InChI=1S/C12H21NO2/c1-8(2)15-12(14)7-9-5-10-3-4-11(6-9)13-10/h8-11,13H,3-7H2,1-2H3. The lowest BCUT2D eigenvalue weighted by molar-refractivity contribution is -0.148. The van der Waals surface area contributed by atoms with E-state index in [1.807, 2.05) is 13.8 Å². The Bertz CT molecular complexity index is 228. The number of hydrogen-bond acceptors (Lipinski definition) is 3. The van der Waals surface area contributed by atoms with Crippen molar-refractivity contribution >= 4 is 5.97 Å². The number of nitrogens with one attached hydrogen (secondary N) is 1. The molecule has 2 aliphatic rings. The summed E-state index contributed by atoms with van der Waals surface area (Å²) in [5.74, 6) is 0.534. The molecule has 0 spiro atoms. The predicted octanol–water partition coefficient (Wildman–Crippen LogP) is 1.86. The van der Waals surface area contributed by atoms with E-state index in [2.05, 4.69) is 5.32 Å². The van der Waals surface area contributed by atoms with Gasteiger partial charge in [-0.3, -0.25) is 4.79 Å². The van der Waals surface area contributed by atoms with Gasteiger partial charge in [0, 0.05) is 18.5 Å². The highest BCUT2D eigenvalue weighted by Gasteiger charge is 2.34. The molecule has 0 aromatic rings. The average Bonchev–Trinajstić information content (AvgIpc) is 2.44. The smallest absolute Gasteiger partial charge is 0.306 e. The van der Waals surface area contributed by atoms with Gasteiger partial charge < -0.3 is 10.1 Å². The van der Waals surface area contributed by atoms with Crippen LogP contribution in [0, 0.1) is 5.92 Å². The van der Waals surface area contributed by atoms with E-state index in [4.69, 9.17) is 4.74 Å². The summed E-state index contributed by atoms with van der Waals surface area (Å²) in [5, 5.41) is 3.58. The fourth-order valence-electron chi connectivity index (χ4n) is 2.89. The zero-order valence-electron chi connectivity index (χ0n) is 9.66. The van der Waals surface area contributed by atoms with Crippen LogP contribution in [0.3, 0.4) is 0 Å². The van der Waals surface area contributed by atoms with Gasteiger partial charge in [-0.15, -0.1) is 0 Å². The van der Waals surface area contributed by atoms with Crippen LogP contribution in [0.25, 0.3) is 0 Å². The van der Waals surface area contributed by atoms with Gasteiger partial charge in [0.2, 0.25) is 0 Å². The maximum atomic E-state index is 11.5. The van der Waals surface area contributed by atoms with Crippen molar-refractivity contribution in [2.45, 2.75) is 64.1 Å². The van der Waals surface area contributed by atoms with Crippen LogP contribution in [-0.2, 0) is 9.53 Å². The molecule has 2 aliphatic heterocycles. The minimum Gasteiger partial charge on any atom is -0.463 e. The second kappa shape index (κ2) is 4.52. The molecule has 86 valence electrons. The Hall–Kier alpha value is -0.570. The Labute approximate surface area is 91.6 Å². The molecule has 1 N–H and O–H groups in total. The molecule has 2 saturated heterocycles. The third-order valence-electron chi connectivity index (χ3n) is 3.39. The number of rotatable bonds is 3. The van der Waals surface area contributed by atoms with Crippen LogP contribution >= 0.6 is 0 Å². The molecular weight excluding hydrogens is 190 g/mol. The summed E-state index contributed by atoms with van der Waals surface area (Å²) >= 11 is 0. The first-order chi connectivity index (χ1) is 7.13. The van der Waals surface area contributed by atoms with Gasteiger partial charge in [-0.25, -0.2) is 0 Å². The van der Waals surface area contributed by atoms with Gasteiger partial charge in [0.05, 0.1) is 6.10 Å². The monoisotopic (exact) mass is 211 g/mol. The van der Waals surface area contributed by atoms with Crippen molar-refractivity contribution in [3.8, 4) is 0 Å². The number of piperidine rings is 1. The molecule has 2 atom stereocenters. The number of fused-ring (bicyclic) bond motifs is 2. The minimum atomic E-state index is -0.0173. The molecule has 3 nitrogen and oxygen atoms in total. The van der Waals surface area contributed by atoms with Crippen LogP contribution in [0.5, 0.6) is 0 Å². The lowest BCUT2D eigenvalue weighted by Gasteiger charge is -2.28. The molecule has 0 saturated carbocycles. The third-order valence-corrected chi connectivity index (χ3v) is 3.39. The molecule has 2 heterocycles. The van der Waals surface area contributed by atoms with E-state index in [0.717, 1.165) is 12.8 Å². The Balaban J connectivity index is 1.78. The molecule has 2 fully saturated rings. The average molecular weight is 211 g/mol. The first-order valence-electron chi connectivity index (χ1n) is 6.09. The zero-order chi connectivity index (χ0) is 10.8. The highest BCUT2D eigenvalue weighted by Crippen LogP contribution is 2.32. The van der Waals surface area contributed by atoms with Crippen LogP contribution in [0.4, 0.5) is 0 Å². The number of ether oxygens (including phenoxy) is 1. The van der Waals surface area contributed by atoms with Gasteiger partial charge in [0.1, 0.15) is 0 Å². The molecule has 3 heteroatoms. The molecular formula is C12H21NO2. The largest absolute Gasteiger partial charge is 0.463 e. The van der Waals surface area contributed by atoms with Crippen LogP contribution in [-0.4, -0.2) is 24.2 Å². The van der Waals surface area contributed by atoms with Gasteiger partial charge in [0.15, 0.2) is 0 Å². The van der Waals surface area contributed by atoms with Gasteiger partial charge in [0.25, 0.3) is 0 Å². The predicted molar refractivity (Wildman–Crippen MR) is 58.5 cm³/mol. The maximum absolute atomic E-state index is 11.5. The highest BCUT2D eigenvalue weighted by atomic mass is 16.5. The molecule has 15 heavy (non-hydrogen) atoms. The molecule has 0 aromatic carbocycles. The Morgan fingerprint density at radius 2 is 1.93 bits per heavy atom. The summed E-state index contributed by atoms with van der Waals surface area (Å²) in [6.45, 7) is 3.81. The van der Waals surface area contributed by atoms with E-state index in [-0.39, 0.29) is 12.1 Å². The Morgan fingerprint density at radius 3 is 2.47 bits per heavy atom. The Kier molecular flexibility index (Phi) is 3.29. The topological polar surface area (TPSA) is 38.3 Å².